The van der Waals surface area contributed by atoms with Crippen molar-refractivity contribution < 1.29 is 9.53 Å². The largest absolute Gasteiger partial charge is 0.487 e. The number of carbonyl (C=O) groups is 1. The number of benzene rings is 2. The van der Waals surface area contributed by atoms with E-state index in [9.17, 15) is 4.79 Å². The second kappa shape index (κ2) is 9.36. The molecule has 178 valence electrons. The topological polar surface area (TPSA) is 70.2 Å². The number of piperidine rings is 1. The summed E-state index contributed by atoms with van der Waals surface area (Å²) in [6.07, 6.45) is 7.38. The second-order valence-corrected chi connectivity index (χ2v) is 9.74. The predicted octanol–water partition coefficient (Wildman–Crippen LogP) is 5.69. The molecule has 2 aliphatic rings. The van der Waals surface area contributed by atoms with Crippen LogP contribution in [0.3, 0.4) is 0 Å². The van der Waals surface area contributed by atoms with Gasteiger partial charge >= 0.3 is 0 Å². The van der Waals surface area contributed by atoms with Crippen LogP contribution in [-0.2, 0) is 19.7 Å². The van der Waals surface area contributed by atoms with Gasteiger partial charge in [-0.05, 0) is 73.5 Å². The average molecular weight is 487 g/mol. The Bertz CT molecular complexity index is 1390. The summed E-state index contributed by atoms with van der Waals surface area (Å²) in [5.41, 5.74) is 6.44. The van der Waals surface area contributed by atoms with Gasteiger partial charge in [-0.1, -0.05) is 24.1 Å². The summed E-state index contributed by atoms with van der Waals surface area (Å²) in [4.78, 5) is 22.9. The number of hydrogen-bond donors (Lipinski definition) is 2. The van der Waals surface area contributed by atoms with E-state index in [1.54, 1.807) is 12.4 Å². The number of hydrogen-bond acceptors (Lipinski definition) is 4. The molecule has 2 aromatic heterocycles. The third-order valence-electron chi connectivity index (χ3n) is 6.95. The number of nitrogens with one attached hydrogen (secondary N) is 2. The molecule has 6 rings (SSSR count). The SMILES string of the molecule is O=C1NCc2c(Cl)c(OCc3ccncc3)cc(-c3cc4cc(CN5CCCCC5)ccc4[nH]3)c21. The fraction of sp³-hybridized carbons (Fsp3) is 0.286. The maximum absolute atomic E-state index is 12.8. The van der Waals surface area contributed by atoms with Crippen LogP contribution in [0.4, 0.5) is 0 Å². The first kappa shape index (κ1) is 22.1. The number of H-pyrrole nitrogens is 1. The number of aromatic amines is 1. The Balaban J connectivity index is 1.35. The van der Waals surface area contributed by atoms with Crippen molar-refractivity contribution in [1.29, 1.82) is 0 Å². The molecule has 0 spiro atoms. The first-order valence-electron chi connectivity index (χ1n) is 12.2. The van der Waals surface area contributed by atoms with Gasteiger partial charge in [0.25, 0.3) is 5.91 Å². The molecule has 2 aliphatic heterocycles. The van der Waals surface area contributed by atoms with E-state index in [1.165, 1.54) is 37.9 Å². The number of amides is 1. The van der Waals surface area contributed by atoms with E-state index in [-0.39, 0.29) is 5.91 Å². The Kier molecular flexibility index (Phi) is 5.92. The van der Waals surface area contributed by atoms with Crippen LogP contribution in [0.25, 0.3) is 22.2 Å². The number of fused-ring (bicyclic) bond motifs is 2. The van der Waals surface area contributed by atoms with Gasteiger partial charge in [0.05, 0.1) is 10.6 Å². The normalized spacial score (nSPS) is 15.9. The van der Waals surface area contributed by atoms with Crippen LogP contribution in [-0.4, -0.2) is 33.9 Å². The molecule has 4 aromatic rings. The third-order valence-corrected chi connectivity index (χ3v) is 7.37. The third kappa shape index (κ3) is 4.40. The Morgan fingerprint density at radius 2 is 1.83 bits per heavy atom. The Morgan fingerprint density at radius 1 is 1.00 bits per heavy atom. The van der Waals surface area contributed by atoms with Crippen LogP contribution in [0.1, 0.15) is 46.3 Å². The first-order valence-corrected chi connectivity index (χ1v) is 12.5. The maximum atomic E-state index is 12.8. The van der Waals surface area contributed by atoms with Gasteiger partial charge in [0.15, 0.2) is 0 Å². The highest BCUT2D eigenvalue weighted by Gasteiger charge is 2.29. The van der Waals surface area contributed by atoms with E-state index in [0.29, 0.717) is 29.5 Å². The van der Waals surface area contributed by atoms with Crippen molar-refractivity contribution in [2.75, 3.05) is 13.1 Å². The van der Waals surface area contributed by atoms with Crippen LogP contribution in [0.2, 0.25) is 5.02 Å². The predicted molar refractivity (Wildman–Crippen MR) is 138 cm³/mol. The standard InChI is InChI=1S/C28H27ClN4O2/c29-27-22-15-31-28(34)26(22)21(14-25(27)35-17-18-6-8-30-9-7-18)24-13-20-12-19(4-5-23(20)32-24)16-33-10-2-1-3-11-33/h4-9,12-14,32H,1-3,10-11,15-17H2,(H,31,34). The molecule has 0 unspecified atom stereocenters. The number of likely N-dealkylation sites (tertiary alicyclic amines) is 1. The molecular formula is C28H27ClN4O2. The molecular weight excluding hydrogens is 460 g/mol. The molecule has 2 N–H and O–H groups in total. The van der Waals surface area contributed by atoms with E-state index in [1.807, 2.05) is 18.2 Å². The van der Waals surface area contributed by atoms with Gasteiger partial charge in [-0.3, -0.25) is 14.7 Å². The monoisotopic (exact) mass is 486 g/mol. The fourth-order valence-electron chi connectivity index (χ4n) is 5.13. The van der Waals surface area contributed by atoms with Gasteiger partial charge in [-0.25, -0.2) is 0 Å². The summed E-state index contributed by atoms with van der Waals surface area (Å²) in [6.45, 7) is 4.08. The van der Waals surface area contributed by atoms with Crippen LogP contribution >= 0.6 is 11.6 Å². The molecule has 0 radical (unpaired) electrons. The highest BCUT2D eigenvalue weighted by Crippen LogP contribution is 2.41. The van der Waals surface area contributed by atoms with Gasteiger partial charge in [0.1, 0.15) is 12.4 Å². The van der Waals surface area contributed by atoms with Crippen LogP contribution in [0.15, 0.2) is 54.9 Å². The lowest BCUT2D eigenvalue weighted by molar-refractivity contribution is 0.0966. The van der Waals surface area contributed by atoms with E-state index in [0.717, 1.165) is 39.8 Å². The van der Waals surface area contributed by atoms with Crippen LogP contribution in [0.5, 0.6) is 5.75 Å². The van der Waals surface area contributed by atoms with Gasteiger partial charge in [-0.15, -0.1) is 0 Å². The summed E-state index contributed by atoms with van der Waals surface area (Å²) in [6, 6.07) is 14.4. The molecule has 2 aromatic carbocycles. The lowest BCUT2D eigenvalue weighted by Crippen LogP contribution is -2.28. The summed E-state index contributed by atoms with van der Waals surface area (Å²) >= 11 is 6.69. The number of aromatic nitrogens is 2. The van der Waals surface area contributed by atoms with Crippen molar-refractivity contribution in [3.8, 4) is 17.0 Å². The number of ether oxygens (including phenoxy) is 1. The van der Waals surface area contributed by atoms with Crippen molar-refractivity contribution in [3.63, 3.8) is 0 Å². The smallest absolute Gasteiger partial charge is 0.252 e. The molecule has 1 fully saturated rings. The van der Waals surface area contributed by atoms with E-state index in [4.69, 9.17) is 16.3 Å². The minimum atomic E-state index is -0.109. The summed E-state index contributed by atoms with van der Waals surface area (Å²) in [5, 5.41) is 4.54. The minimum Gasteiger partial charge on any atom is -0.487 e. The van der Waals surface area contributed by atoms with Crippen LogP contribution < -0.4 is 10.1 Å². The van der Waals surface area contributed by atoms with Gasteiger partial charge in [-0.2, -0.15) is 0 Å². The average Bonchev–Trinajstić information content (AvgIpc) is 3.49. The first-order chi connectivity index (χ1) is 17.2. The fourth-order valence-corrected chi connectivity index (χ4v) is 5.40. The molecule has 35 heavy (non-hydrogen) atoms. The molecule has 1 amide bonds. The summed E-state index contributed by atoms with van der Waals surface area (Å²) in [7, 11) is 0. The second-order valence-electron chi connectivity index (χ2n) is 9.36. The zero-order chi connectivity index (χ0) is 23.8. The number of carbonyl (C=O) groups excluding carboxylic acids is 1. The molecule has 1 saturated heterocycles. The summed E-state index contributed by atoms with van der Waals surface area (Å²) in [5.74, 6) is 0.459. The highest BCUT2D eigenvalue weighted by molar-refractivity contribution is 6.34. The number of rotatable bonds is 6. The highest BCUT2D eigenvalue weighted by atomic mass is 35.5. The van der Waals surface area contributed by atoms with Crippen LogP contribution in [0, 0.1) is 0 Å². The van der Waals surface area contributed by atoms with E-state index < -0.39 is 0 Å². The quantitative estimate of drug-likeness (QED) is 0.367. The zero-order valence-corrected chi connectivity index (χ0v) is 20.2. The maximum Gasteiger partial charge on any atom is 0.252 e. The van der Waals surface area contributed by atoms with Crippen molar-refractivity contribution in [2.24, 2.45) is 0 Å². The number of nitrogens with zero attached hydrogens (tertiary/aromatic N) is 2. The van der Waals surface area contributed by atoms with Gasteiger partial charge in [0.2, 0.25) is 0 Å². The molecule has 0 saturated carbocycles. The lowest BCUT2D eigenvalue weighted by Gasteiger charge is -2.26. The van der Waals surface area contributed by atoms with Crippen molar-refractivity contribution in [2.45, 2.75) is 39.0 Å². The van der Waals surface area contributed by atoms with E-state index in [2.05, 4.69) is 44.5 Å². The zero-order valence-electron chi connectivity index (χ0n) is 19.4. The minimum absolute atomic E-state index is 0.109. The van der Waals surface area contributed by atoms with Crippen molar-refractivity contribution in [1.82, 2.24) is 20.2 Å². The Morgan fingerprint density at radius 3 is 2.66 bits per heavy atom. The Labute approximate surface area is 209 Å². The number of pyridine rings is 1. The number of halogens is 1. The molecule has 4 heterocycles. The molecule has 7 heteroatoms. The van der Waals surface area contributed by atoms with Gasteiger partial charge in [0, 0.05) is 53.2 Å². The van der Waals surface area contributed by atoms with Gasteiger partial charge < -0.3 is 15.0 Å². The lowest BCUT2D eigenvalue weighted by atomic mass is 9.99. The molecule has 0 aliphatic carbocycles. The Hall–Kier alpha value is -3.35. The summed E-state index contributed by atoms with van der Waals surface area (Å²) < 4.78 is 6.11. The molecule has 0 atom stereocenters. The molecule has 0 bridgehead atoms. The van der Waals surface area contributed by atoms with Crippen molar-refractivity contribution in [3.05, 3.63) is 82.1 Å². The molecule has 6 nitrogen and oxygen atoms in total. The van der Waals surface area contributed by atoms with E-state index >= 15 is 0 Å². The van der Waals surface area contributed by atoms with Crippen molar-refractivity contribution >= 4 is 28.4 Å².